The summed E-state index contributed by atoms with van der Waals surface area (Å²) in [5, 5.41) is 0.814. The van der Waals surface area contributed by atoms with Crippen molar-refractivity contribution in [2.24, 2.45) is 0 Å². The van der Waals surface area contributed by atoms with Gasteiger partial charge in [0, 0.05) is 23.7 Å². The van der Waals surface area contributed by atoms with Gasteiger partial charge in [0.2, 0.25) is 0 Å². The van der Waals surface area contributed by atoms with E-state index in [0.29, 0.717) is 6.54 Å². The molecule has 1 heterocycles. The molecule has 0 fully saturated rings. The Kier molecular flexibility index (Phi) is 3.93. The lowest BCUT2D eigenvalue weighted by Gasteiger charge is -2.30. The Labute approximate surface area is 147 Å². The Morgan fingerprint density at radius 3 is 2.88 bits per heavy atom. The first-order valence-electron chi connectivity index (χ1n) is 8.54. The number of carbonyl (C=O) groups is 1. The predicted octanol–water partition coefficient (Wildman–Crippen LogP) is 4.67. The van der Waals surface area contributed by atoms with Crippen LogP contribution >= 0.6 is 11.6 Å². The van der Waals surface area contributed by atoms with Gasteiger partial charge in [-0.3, -0.25) is 4.79 Å². The Bertz CT molecular complexity index is 853. The van der Waals surface area contributed by atoms with E-state index < -0.39 is 0 Å². The molecule has 0 radical (unpaired) electrons. The van der Waals surface area contributed by atoms with Gasteiger partial charge >= 0.3 is 0 Å². The SMILES string of the molecule is CCc1cc2c(cc1Cl)CN(C(=O)c1ccc3c(c1)CC=C3)CC2. The Morgan fingerprint density at radius 1 is 1.17 bits per heavy atom. The van der Waals surface area contributed by atoms with Gasteiger partial charge in [-0.05, 0) is 65.3 Å². The molecule has 0 saturated carbocycles. The number of amides is 1. The highest BCUT2D eigenvalue weighted by Gasteiger charge is 2.23. The Morgan fingerprint density at radius 2 is 2.04 bits per heavy atom. The molecule has 1 aliphatic carbocycles. The van der Waals surface area contributed by atoms with Gasteiger partial charge in [0.15, 0.2) is 0 Å². The van der Waals surface area contributed by atoms with E-state index >= 15 is 0 Å². The van der Waals surface area contributed by atoms with Crippen molar-refractivity contribution in [2.75, 3.05) is 6.54 Å². The van der Waals surface area contributed by atoms with Crippen molar-refractivity contribution < 1.29 is 4.79 Å². The largest absolute Gasteiger partial charge is 0.334 e. The lowest BCUT2D eigenvalue weighted by Crippen LogP contribution is -2.36. The van der Waals surface area contributed by atoms with E-state index in [1.165, 1.54) is 27.8 Å². The van der Waals surface area contributed by atoms with Crippen LogP contribution in [0.2, 0.25) is 5.02 Å². The first-order chi connectivity index (χ1) is 11.7. The number of nitrogens with zero attached hydrogens (tertiary/aromatic N) is 1. The van der Waals surface area contributed by atoms with Gasteiger partial charge in [0.25, 0.3) is 5.91 Å². The molecule has 4 rings (SSSR count). The molecule has 0 aromatic heterocycles. The van der Waals surface area contributed by atoms with E-state index in [2.05, 4.69) is 25.1 Å². The average Bonchev–Trinajstić information content (AvgIpc) is 3.07. The molecular weight excluding hydrogens is 318 g/mol. The van der Waals surface area contributed by atoms with Crippen molar-refractivity contribution in [1.82, 2.24) is 4.90 Å². The van der Waals surface area contributed by atoms with Gasteiger partial charge < -0.3 is 4.90 Å². The van der Waals surface area contributed by atoms with Gasteiger partial charge in [-0.1, -0.05) is 42.8 Å². The van der Waals surface area contributed by atoms with Crippen molar-refractivity contribution >= 4 is 23.6 Å². The number of carbonyl (C=O) groups excluding carboxylic acids is 1. The summed E-state index contributed by atoms with van der Waals surface area (Å²) in [7, 11) is 0. The van der Waals surface area contributed by atoms with Crippen LogP contribution in [-0.2, 0) is 25.8 Å². The molecule has 0 unspecified atom stereocenters. The minimum Gasteiger partial charge on any atom is -0.334 e. The minimum absolute atomic E-state index is 0.117. The number of hydrogen-bond acceptors (Lipinski definition) is 1. The monoisotopic (exact) mass is 337 g/mol. The Balaban J connectivity index is 1.58. The maximum Gasteiger partial charge on any atom is 0.254 e. The first-order valence-corrected chi connectivity index (χ1v) is 8.92. The van der Waals surface area contributed by atoms with E-state index in [-0.39, 0.29) is 5.91 Å². The van der Waals surface area contributed by atoms with Crippen LogP contribution in [0, 0.1) is 0 Å². The van der Waals surface area contributed by atoms with Crippen LogP contribution in [0.25, 0.3) is 6.08 Å². The predicted molar refractivity (Wildman–Crippen MR) is 98.5 cm³/mol. The maximum atomic E-state index is 12.9. The van der Waals surface area contributed by atoms with Crippen LogP contribution in [0.15, 0.2) is 36.4 Å². The molecule has 2 aliphatic rings. The van der Waals surface area contributed by atoms with Gasteiger partial charge in [-0.25, -0.2) is 0 Å². The topological polar surface area (TPSA) is 20.3 Å². The van der Waals surface area contributed by atoms with Crippen molar-refractivity contribution in [3.8, 4) is 0 Å². The van der Waals surface area contributed by atoms with Crippen molar-refractivity contribution in [3.05, 3.63) is 74.8 Å². The first kappa shape index (κ1) is 15.5. The van der Waals surface area contributed by atoms with Gasteiger partial charge in [0.05, 0.1) is 0 Å². The molecule has 1 aliphatic heterocycles. The van der Waals surface area contributed by atoms with Crippen LogP contribution in [-0.4, -0.2) is 17.4 Å². The molecule has 1 amide bonds. The number of benzene rings is 2. The summed E-state index contributed by atoms with van der Waals surface area (Å²) in [5.74, 6) is 0.117. The molecule has 0 saturated heterocycles. The van der Waals surface area contributed by atoms with Crippen LogP contribution in [0.3, 0.4) is 0 Å². The normalized spacial score (nSPS) is 15.3. The lowest BCUT2D eigenvalue weighted by molar-refractivity contribution is 0.0734. The lowest BCUT2D eigenvalue weighted by atomic mass is 9.95. The number of halogens is 1. The highest BCUT2D eigenvalue weighted by atomic mass is 35.5. The summed E-state index contributed by atoms with van der Waals surface area (Å²) >= 11 is 6.36. The Hall–Kier alpha value is -2.06. The zero-order valence-corrected chi connectivity index (χ0v) is 14.6. The van der Waals surface area contributed by atoms with Crippen molar-refractivity contribution in [1.29, 1.82) is 0 Å². The smallest absolute Gasteiger partial charge is 0.254 e. The molecule has 0 N–H and O–H groups in total. The van der Waals surface area contributed by atoms with E-state index in [0.717, 1.165) is 36.4 Å². The van der Waals surface area contributed by atoms with Gasteiger partial charge in [0.1, 0.15) is 0 Å². The van der Waals surface area contributed by atoms with Gasteiger partial charge in [-0.15, -0.1) is 0 Å². The third-order valence-electron chi connectivity index (χ3n) is 5.07. The standard InChI is InChI=1S/C21H20ClNO/c1-2-14-10-17-8-9-23(13-19(17)12-20(14)22)21(24)18-7-6-15-4-3-5-16(15)11-18/h3-4,6-7,10-12H,2,5,8-9,13H2,1H3. The zero-order valence-electron chi connectivity index (χ0n) is 13.8. The fourth-order valence-electron chi connectivity index (χ4n) is 3.65. The van der Waals surface area contributed by atoms with Crippen LogP contribution in [0.5, 0.6) is 0 Å². The quantitative estimate of drug-likeness (QED) is 0.779. The molecular formula is C21H20ClNO. The number of allylic oxidation sites excluding steroid dienone is 1. The molecule has 3 heteroatoms. The summed E-state index contributed by atoms with van der Waals surface area (Å²) in [6.45, 7) is 3.54. The molecule has 24 heavy (non-hydrogen) atoms. The van der Waals surface area contributed by atoms with Gasteiger partial charge in [-0.2, -0.15) is 0 Å². The van der Waals surface area contributed by atoms with Crippen LogP contribution < -0.4 is 0 Å². The van der Waals surface area contributed by atoms with E-state index in [9.17, 15) is 4.79 Å². The van der Waals surface area contributed by atoms with E-state index in [4.69, 9.17) is 11.6 Å². The van der Waals surface area contributed by atoms with E-state index in [1.54, 1.807) is 0 Å². The highest BCUT2D eigenvalue weighted by molar-refractivity contribution is 6.31. The van der Waals surface area contributed by atoms with Crippen molar-refractivity contribution in [3.63, 3.8) is 0 Å². The number of rotatable bonds is 2. The maximum absolute atomic E-state index is 12.9. The number of fused-ring (bicyclic) bond motifs is 2. The third-order valence-corrected chi connectivity index (χ3v) is 5.43. The number of hydrogen-bond donors (Lipinski definition) is 0. The van der Waals surface area contributed by atoms with Crippen molar-refractivity contribution in [2.45, 2.75) is 32.7 Å². The molecule has 2 nitrogen and oxygen atoms in total. The summed E-state index contributed by atoms with van der Waals surface area (Å²) in [6.07, 6.45) is 7.03. The summed E-state index contributed by atoms with van der Waals surface area (Å²) < 4.78 is 0. The second-order valence-corrected chi connectivity index (χ2v) is 6.97. The summed E-state index contributed by atoms with van der Waals surface area (Å²) in [5.41, 5.74) is 6.97. The molecule has 122 valence electrons. The minimum atomic E-state index is 0.117. The summed E-state index contributed by atoms with van der Waals surface area (Å²) in [6, 6.07) is 10.3. The fourth-order valence-corrected chi connectivity index (χ4v) is 3.97. The number of aryl methyl sites for hydroxylation is 1. The third kappa shape index (κ3) is 2.65. The average molecular weight is 338 g/mol. The van der Waals surface area contributed by atoms with E-state index in [1.807, 2.05) is 29.2 Å². The fraction of sp³-hybridized carbons (Fsp3) is 0.286. The van der Waals surface area contributed by atoms with Crippen LogP contribution in [0.1, 0.15) is 45.1 Å². The second-order valence-electron chi connectivity index (χ2n) is 6.56. The molecule has 0 atom stereocenters. The molecule has 2 aromatic carbocycles. The van der Waals surface area contributed by atoms with Crippen LogP contribution in [0.4, 0.5) is 0 Å². The molecule has 0 bridgehead atoms. The summed E-state index contributed by atoms with van der Waals surface area (Å²) in [4.78, 5) is 14.8. The highest BCUT2D eigenvalue weighted by Crippen LogP contribution is 2.28. The molecule has 0 spiro atoms. The molecule has 2 aromatic rings. The zero-order chi connectivity index (χ0) is 16.7. The second kappa shape index (κ2) is 6.10.